The van der Waals surface area contributed by atoms with E-state index in [1.54, 1.807) is 0 Å². The van der Waals surface area contributed by atoms with Gasteiger partial charge in [-0.2, -0.15) is 4.39 Å². The Labute approximate surface area is 115 Å². The quantitative estimate of drug-likeness (QED) is 0.644. The van der Waals surface area contributed by atoms with Gasteiger partial charge in [0.25, 0.3) is 0 Å². The summed E-state index contributed by atoms with van der Waals surface area (Å²) in [6, 6.07) is 1.96. The molecule has 1 N–H and O–H groups in total. The Kier molecular flexibility index (Phi) is 3.41. The lowest BCUT2D eigenvalue weighted by Gasteiger charge is -2.17. The van der Waals surface area contributed by atoms with Crippen molar-refractivity contribution in [2.24, 2.45) is 11.8 Å². The third-order valence-electron chi connectivity index (χ3n) is 4.10. The smallest absolute Gasteiger partial charge is 0.305 e. The predicted octanol–water partition coefficient (Wildman–Crippen LogP) is 3.15. The van der Waals surface area contributed by atoms with Gasteiger partial charge in [0.15, 0.2) is 0 Å². The lowest BCUT2D eigenvalue weighted by Crippen LogP contribution is -2.32. The van der Waals surface area contributed by atoms with E-state index < -0.39 is 22.2 Å². The highest BCUT2D eigenvalue weighted by atomic mass is 19.1. The number of rotatable bonds is 6. The van der Waals surface area contributed by atoms with E-state index in [-0.39, 0.29) is 12.1 Å². The van der Waals surface area contributed by atoms with E-state index in [4.69, 9.17) is 0 Å². The monoisotopic (exact) mass is 282 g/mol. The fourth-order valence-corrected chi connectivity index (χ4v) is 2.71. The summed E-state index contributed by atoms with van der Waals surface area (Å²) in [6.07, 6.45) is 4.78. The molecule has 0 bridgehead atoms. The molecule has 0 spiro atoms. The van der Waals surface area contributed by atoms with Gasteiger partial charge in [0.1, 0.15) is 5.82 Å². The highest BCUT2D eigenvalue weighted by Crippen LogP contribution is 2.44. The van der Waals surface area contributed by atoms with Crippen LogP contribution in [0.1, 0.15) is 31.2 Å². The lowest BCUT2D eigenvalue weighted by atomic mass is 10.1. The Balaban J connectivity index is 1.72. The van der Waals surface area contributed by atoms with Crippen molar-refractivity contribution >= 4 is 5.69 Å². The molecule has 0 saturated heterocycles. The molecule has 0 aromatic heterocycles. The maximum Gasteiger partial charge on any atom is 0.305 e. The van der Waals surface area contributed by atoms with Crippen molar-refractivity contribution in [1.82, 2.24) is 5.32 Å². The molecule has 0 radical (unpaired) electrons. The molecular weight excluding hydrogens is 266 g/mol. The van der Waals surface area contributed by atoms with Crippen LogP contribution in [0.5, 0.6) is 0 Å². The van der Waals surface area contributed by atoms with Gasteiger partial charge in [-0.05, 0) is 37.5 Å². The van der Waals surface area contributed by atoms with Crippen LogP contribution in [-0.4, -0.2) is 11.0 Å². The van der Waals surface area contributed by atoms with Crippen LogP contribution in [-0.2, 0) is 6.54 Å². The number of nitro groups is 1. The minimum absolute atomic E-state index is 0.157. The number of halogens is 2. The summed E-state index contributed by atoms with van der Waals surface area (Å²) in [5.74, 6) is -0.551. The van der Waals surface area contributed by atoms with Crippen molar-refractivity contribution < 1.29 is 13.7 Å². The molecule has 4 nitrogen and oxygen atoms in total. The van der Waals surface area contributed by atoms with Gasteiger partial charge in [0, 0.05) is 30.3 Å². The molecule has 108 valence electrons. The van der Waals surface area contributed by atoms with Gasteiger partial charge in [0.05, 0.1) is 4.92 Å². The SMILES string of the molecule is O=[N+]([O-])c1cc(CNC(C2CC2)C2CC2)c(F)cc1F. The van der Waals surface area contributed by atoms with Gasteiger partial charge < -0.3 is 5.32 Å². The van der Waals surface area contributed by atoms with Gasteiger partial charge in [-0.15, -0.1) is 0 Å². The Morgan fingerprint density at radius 2 is 1.80 bits per heavy atom. The highest BCUT2D eigenvalue weighted by Gasteiger charge is 2.41. The molecule has 1 aromatic carbocycles. The zero-order chi connectivity index (χ0) is 14.3. The summed E-state index contributed by atoms with van der Waals surface area (Å²) in [6.45, 7) is 0.213. The normalized spacial score (nSPS) is 18.6. The Hall–Kier alpha value is -1.56. The molecular formula is C14H16F2N2O2. The molecule has 20 heavy (non-hydrogen) atoms. The third-order valence-corrected chi connectivity index (χ3v) is 4.10. The van der Waals surface area contributed by atoms with Crippen molar-refractivity contribution in [3.05, 3.63) is 39.4 Å². The third kappa shape index (κ3) is 2.80. The zero-order valence-electron chi connectivity index (χ0n) is 10.9. The molecule has 0 heterocycles. The summed E-state index contributed by atoms with van der Waals surface area (Å²) in [5.41, 5.74) is -0.512. The summed E-state index contributed by atoms with van der Waals surface area (Å²) in [5, 5.41) is 14.0. The number of nitro benzene ring substituents is 1. The first-order chi connectivity index (χ1) is 9.56. The topological polar surface area (TPSA) is 55.2 Å². The number of nitrogens with one attached hydrogen (secondary N) is 1. The van der Waals surface area contributed by atoms with Crippen LogP contribution in [0.3, 0.4) is 0 Å². The largest absolute Gasteiger partial charge is 0.309 e. The van der Waals surface area contributed by atoms with Gasteiger partial charge in [0.2, 0.25) is 5.82 Å². The predicted molar refractivity (Wildman–Crippen MR) is 69.1 cm³/mol. The standard InChI is InChI=1S/C14H16F2N2O2/c15-11-6-12(16)13(18(19)20)5-10(11)7-17-14(8-1-2-8)9-3-4-9/h5-6,8-9,14,17H,1-4,7H2. The number of benzene rings is 1. The Bertz CT molecular complexity index is 530. The Morgan fingerprint density at radius 3 is 2.30 bits per heavy atom. The molecule has 3 rings (SSSR count). The van der Waals surface area contributed by atoms with Crippen LogP contribution in [0.2, 0.25) is 0 Å². The maximum absolute atomic E-state index is 13.7. The summed E-state index contributed by atoms with van der Waals surface area (Å²) < 4.78 is 26.9. The van der Waals surface area contributed by atoms with E-state index in [1.807, 2.05) is 0 Å². The summed E-state index contributed by atoms with van der Waals surface area (Å²) in [7, 11) is 0. The van der Waals surface area contributed by atoms with Crippen LogP contribution in [0.25, 0.3) is 0 Å². The molecule has 2 saturated carbocycles. The molecule has 0 unspecified atom stereocenters. The molecule has 0 atom stereocenters. The van der Waals surface area contributed by atoms with E-state index in [2.05, 4.69) is 5.32 Å². The first-order valence-corrected chi connectivity index (χ1v) is 6.92. The second-order valence-electron chi connectivity index (χ2n) is 5.73. The van der Waals surface area contributed by atoms with Crippen molar-refractivity contribution in [2.75, 3.05) is 0 Å². The van der Waals surface area contributed by atoms with Gasteiger partial charge >= 0.3 is 5.69 Å². The van der Waals surface area contributed by atoms with E-state index in [9.17, 15) is 18.9 Å². The van der Waals surface area contributed by atoms with E-state index >= 15 is 0 Å². The van der Waals surface area contributed by atoms with Crippen molar-refractivity contribution in [1.29, 1.82) is 0 Å². The molecule has 2 aliphatic carbocycles. The van der Waals surface area contributed by atoms with Crippen LogP contribution < -0.4 is 5.32 Å². The minimum atomic E-state index is -1.13. The summed E-state index contributed by atoms with van der Waals surface area (Å²) >= 11 is 0. The van der Waals surface area contributed by atoms with E-state index in [0.717, 1.165) is 6.07 Å². The van der Waals surface area contributed by atoms with Gasteiger partial charge in [-0.25, -0.2) is 4.39 Å². The van der Waals surface area contributed by atoms with Crippen LogP contribution in [0.4, 0.5) is 14.5 Å². The fraction of sp³-hybridized carbons (Fsp3) is 0.571. The lowest BCUT2D eigenvalue weighted by molar-refractivity contribution is -0.387. The Morgan fingerprint density at radius 1 is 1.20 bits per heavy atom. The average Bonchev–Trinajstić information content (AvgIpc) is 3.25. The van der Waals surface area contributed by atoms with Gasteiger partial charge in [-0.1, -0.05) is 0 Å². The van der Waals surface area contributed by atoms with Crippen molar-refractivity contribution in [2.45, 2.75) is 38.3 Å². The first kappa shape index (κ1) is 13.4. The number of hydrogen-bond acceptors (Lipinski definition) is 3. The highest BCUT2D eigenvalue weighted by molar-refractivity contribution is 5.37. The fourth-order valence-electron chi connectivity index (χ4n) is 2.71. The van der Waals surface area contributed by atoms with Crippen molar-refractivity contribution in [3.63, 3.8) is 0 Å². The average molecular weight is 282 g/mol. The second kappa shape index (κ2) is 5.09. The molecule has 6 heteroatoms. The van der Waals surface area contributed by atoms with Crippen LogP contribution >= 0.6 is 0 Å². The summed E-state index contributed by atoms with van der Waals surface area (Å²) in [4.78, 5) is 9.86. The van der Waals surface area contributed by atoms with Gasteiger partial charge in [-0.3, -0.25) is 10.1 Å². The molecule has 1 aromatic rings. The maximum atomic E-state index is 13.7. The van der Waals surface area contributed by atoms with Crippen LogP contribution in [0, 0.1) is 33.6 Å². The second-order valence-corrected chi connectivity index (χ2v) is 5.73. The number of nitrogens with zero attached hydrogens (tertiary/aromatic N) is 1. The van der Waals surface area contributed by atoms with E-state index in [1.165, 1.54) is 25.7 Å². The number of hydrogen-bond donors (Lipinski definition) is 1. The first-order valence-electron chi connectivity index (χ1n) is 6.92. The van der Waals surface area contributed by atoms with Crippen molar-refractivity contribution in [3.8, 4) is 0 Å². The molecule has 2 aliphatic rings. The van der Waals surface area contributed by atoms with E-state index in [0.29, 0.717) is 23.9 Å². The minimum Gasteiger partial charge on any atom is -0.309 e. The molecule has 0 amide bonds. The van der Waals surface area contributed by atoms with Crippen LogP contribution in [0.15, 0.2) is 12.1 Å². The zero-order valence-corrected chi connectivity index (χ0v) is 10.9. The molecule has 2 fully saturated rings. The molecule has 0 aliphatic heterocycles.